The van der Waals surface area contributed by atoms with Gasteiger partial charge in [-0.05, 0) is 44.2 Å². The molecule has 3 atom stereocenters. The van der Waals surface area contributed by atoms with Crippen molar-refractivity contribution in [2.24, 2.45) is 5.92 Å². The first-order valence-electron chi connectivity index (χ1n) is 6.09. The third-order valence-corrected chi connectivity index (χ3v) is 3.57. The lowest BCUT2D eigenvalue weighted by Crippen LogP contribution is -2.29. The van der Waals surface area contributed by atoms with Crippen molar-refractivity contribution in [1.82, 2.24) is 5.32 Å². The summed E-state index contributed by atoms with van der Waals surface area (Å²) in [5, 5.41) is 3.65. The number of hydrogen-bond donors (Lipinski definition) is 1. The van der Waals surface area contributed by atoms with Gasteiger partial charge in [0.2, 0.25) is 0 Å². The predicted octanol–water partition coefficient (Wildman–Crippen LogP) is 3.51. The second-order valence-electron chi connectivity index (χ2n) is 4.69. The molecule has 2 heteroatoms. The third kappa shape index (κ3) is 2.63. The highest BCUT2D eigenvalue weighted by Crippen LogP contribution is 2.29. The Kier molecular flexibility index (Phi) is 3.47. The Hall–Kier alpha value is -0.760. The Balaban J connectivity index is 1.83. The summed E-state index contributed by atoms with van der Waals surface area (Å²) < 4.78 is 5.40. The van der Waals surface area contributed by atoms with Gasteiger partial charge in [0, 0.05) is 6.04 Å². The van der Waals surface area contributed by atoms with Gasteiger partial charge in [-0.15, -0.1) is 0 Å². The van der Waals surface area contributed by atoms with E-state index in [2.05, 4.69) is 19.2 Å². The molecule has 2 rings (SSSR count). The molecule has 0 aliphatic heterocycles. The van der Waals surface area contributed by atoms with E-state index in [0.717, 1.165) is 11.7 Å². The fourth-order valence-corrected chi connectivity index (χ4v) is 2.57. The summed E-state index contributed by atoms with van der Waals surface area (Å²) in [4.78, 5) is 0. The maximum Gasteiger partial charge on any atom is 0.120 e. The molecule has 1 heterocycles. The first kappa shape index (κ1) is 10.7. The minimum Gasteiger partial charge on any atom is -0.468 e. The molecule has 0 bridgehead atoms. The van der Waals surface area contributed by atoms with Gasteiger partial charge in [-0.25, -0.2) is 0 Å². The van der Waals surface area contributed by atoms with Crippen molar-refractivity contribution in [2.75, 3.05) is 0 Å². The molecule has 84 valence electrons. The summed E-state index contributed by atoms with van der Waals surface area (Å²) in [6.45, 7) is 4.47. The number of rotatable bonds is 4. The molecule has 1 aliphatic carbocycles. The lowest BCUT2D eigenvalue weighted by atomic mass is 10.1. The smallest absolute Gasteiger partial charge is 0.120 e. The molecule has 1 aliphatic rings. The Morgan fingerprint density at radius 2 is 2.40 bits per heavy atom. The standard InChI is InChI=1S/C13H21NO/c1-3-11-6-7-12(9-11)14-10(2)13-5-4-8-15-13/h4-5,8,10-12,14H,3,6-7,9H2,1-2H3/t10-,11?,12?/m1/s1. The molecule has 0 spiro atoms. The summed E-state index contributed by atoms with van der Waals surface area (Å²) in [5.41, 5.74) is 0. The molecule has 2 unspecified atom stereocenters. The fourth-order valence-electron chi connectivity index (χ4n) is 2.57. The maximum absolute atomic E-state index is 5.40. The molecule has 1 N–H and O–H groups in total. The van der Waals surface area contributed by atoms with Crippen LogP contribution in [0.25, 0.3) is 0 Å². The molecular formula is C13H21NO. The molecule has 1 aromatic rings. The van der Waals surface area contributed by atoms with Gasteiger partial charge < -0.3 is 9.73 Å². The minimum atomic E-state index is 0.348. The van der Waals surface area contributed by atoms with E-state index in [1.807, 2.05) is 12.1 Å². The van der Waals surface area contributed by atoms with Gasteiger partial charge in [-0.1, -0.05) is 13.3 Å². The summed E-state index contributed by atoms with van der Waals surface area (Å²) in [6.07, 6.45) is 7.12. The molecule has 2 nitrogen and oxygen atoms in total. The van der Waals surface area contributed by atoms with Crippen molar-refractivity contribution in [2.45, 2.75) is 51.6 Å². The molecule has 0 saturated heterocycles. The van der Waals surface area contributed by atoms with Gasteiger partial charge in [0.1, 0.15) is 5.76 Å². The molecule has 1 fully saturated rings. The van der Waals surface area contributed by atoms with E-state index in [4.69, 9.17) is 4.42 Å². The average Bonchev–Trinajstić information content (AvgIpc) is 2.87. The van der Waals surface area contributed by atoms with E-state index >= 15 is 0 Å². The van der Waals surface area contributed by atoms with Crippen molar-refractivity contribution < 1.29 is 4.42 Å². The molecule has 1 aromatic heterocycles. The summed E-state index contributed by atoms with van der Waals surface area (Å²) >= 11 is 0. The van der Waals surface area contributed by atoms with E-state index in [9.17, 15) is 0 Å². The van der Waals surface area contributed by atoms with E-state index < -0.39 is 0 Å². The average molecular weight is 207 g/mol. The Morgan fingerprint density at radius 3 is 3.00 bits per heavy atom. The van der Waals surface area contributed by atoms with Crippen molar-refractivity contribution in [1.29, 1.82) is 0 Å². The largest absolute Gasteiger partial charge is 0.468 e. The van der Waals surface area contributed by atoms with Gasteiger partial charge in [-0.3, -0.25) is 0 Å². The fraction of sp³-hybridized carbons (Fsp3) is 0.692. The van der Waals surface area contributed by atoms with Crippen LogP contribution in [0.3, 0.4) is 0 Å². The zero-order valence-corrected chi connectivity index (χ0v) is 9.70. The predicted molar refractivity (Wildman–Crippen MR) is 61.7 cm³/mol. The van der Waals surface area contributed by atoms with Gasteiger partial charge >= 0.3 is 0 Å². The van der Waals surface area contributed by atoms with E-state index in [1.54, 1.807) is 6.26 Å². The molecule has 15 heavy (non-hydrogen) atoms. The molecule has 0 amide bonds. The maximum atomic E-state index is 5.40. The molecule has 0 radical (unpaired) electrons. The van der Waals surface area contributed by atoms with Crippen LogP contribution in [0.5, 0.6) is 0 Å². The second kappa shape index (κ2) is 4.84. The van der Waals surface area contributed by atoms with Crippen LogP contribution in [0.4, 0.5) is 0 Å². The Bertz CT molecular complexity index is 281. The first-order chi connectivity index (χ1) is 7.29. The normalized spacial score (nSPS) is 28.1. The lowest BCUT2D eigenvalue weighted by Gasteiger charge is -2.17. The quantitative estimate of drug-likeness (QED) is 0.817. The Labute approximate surface area is 92.1 Å². The van der Waals surface area contributed by atoms with Crippen molar-refractivity contribution in [3.8, 4) is 0 Å². The van der Waals surface area contributed by atoms with Crippen LogP contribution in [0.1, 0.15) is 51.3 Å². The minimum absolute atomic E-state index is 0.348. The SMILES string of the molecule is CCC1CCC(N[C@H](C)c2ccco2)C1. The lowest BCUT2D eigenvalue weighted by molar-refractivity contribution is 0.382. The third-order valence-electron chi connectivity index (χ3n) is 3.57. The molecule has 0 aromatic carbocycles. The highest BCUT2D eigenvalue weighted by atomic mass is 16.3. The van der Waals surface area contributed by atoms with Crippen LogP contribution in [-0.2, 0) is 0 Å². The topological polar surface area (TPSA) is 25.2 Å². The first-order valence-corrected chi connectivity index (χ1v) is 6.09. The van der Waals surface area contributed by atoms with E-state index in [1.165, 1.54) is 25.7 Å². The Morgan fingerprint density at radius 1 is 1.53 bits per heavy atom. The van der Waals surface area contributed by atoms with Crippen LogP contribution < -0.4 is 5.32 Å². The van der Waals surface area contributed by atoms with Crippen LogP contribution in [0.2, 0.25) is 0 Å². The number of hydrogen-bond acceptors (Lipinski definition) is 2. The number of furan rings is 1. The highest BCUT2D eigenvalue weighted by molar-refractivity contribution is 5.03. The summed E-state index contributed by atoms with van der Waals surface area (Å²) in [5.74, 6) is 1.99. The van der Waals surface area contributed by atoms with E-state index in [-0.39, 0.29) is 0 Å². The van der Waals surface area contributed by atoms with Crippen LogP contribution >= 0.6 is 0 Å². The van der Waals surface area contributed by atoms with E-state index in [0.29, 0.717) is 12.1 Å². The zero-order chi connectivity index (χ0) is 10.7. The van der Waals surface area contributed by atoms with Crippen LogP contribution in [0, 0.1) is 5.92 Å². The van der Waals surface area contributed by atoms with Crippen LogP contribution in [-0.4, -0.2) is 6.04 Å². The zero-order valence-electron chi connectivity index (χ0n) is 9.70. The van der Waals surface area contributed by atoms with Gasteiger partial charge in [-0.2, -0.15) is 0 Å². The van der Waals surface area contributed by atoms with Gasteiger partial charge in [0.05, 0.1) is 12.3 Å². The molecule has 1 saturated carbocycles. The summed E-state index contributed by atoms with van der Waals surface area (Å²) in [6, 6.07) is 5.04. The monoisotopic (exact) mass is 207 g/mol. The number of nitrogens with one attached hydrogen (secondary N) is 1. The van der Waals surface area contributed by atoms with Crippen molar-refractivity contribution in [3.63, 3.8) is 0 Å². The van der Waals surface area contributed by atoms with Crippen molar-refractivity contribution >= 4 is 0 Å². The van der Waals surface area contributed by atoms with Crippen LogP contribution in [0.15, 0.2) is 22.8 Å². The van der Waals surface area contributed by atoms with Gasteiger partial charge in [0.15, 0.2) is 0 Å². The highest BCUT2D eigenvalue weighted by Gasteiger charge is 2.24. The molecular weight excluding hydrogens is 186 g/mol. The van der Waals surface area contributed by atoms with Crippen molar-refractivity contribution in [3.05, 3.63) is 24.2 Å². The second-order valence-corrected chi connectivity index (χ2v) is 4.69. The summed E-state index contributed by atoms with van der Waals surface area (Å²) in [7, 11) is 0. The van der Waals surface area contributed by atoms with Gasteiger partial charge in [0.25, 0.3) is 0 Å².